The Labute approximate surface area is 141 Å². The monoisotopic (exact) mass is 381 g/mol. The molecule has 2 saturated carbocycles. The number of hydrogen-bond donors (Lipinski definition) is 3. The van der Waals surface area contributed by atoms with Crippen LogP contribution in [0.5, 0.6) is 0 Å². The number of benzene rings is 1. The van der Waals surface area contributed by atoms with E-state index in [1.54, 1.807) is 6.07 Å². The van der Waals surface area contributed by atoms with Crippen LogP contribution in [-0.2, 0) is 9.59 Å². The quantitative estimate of drug-likeness (QED) is 0.743. The molecule has 1 amide bonds. The molecule has 4 atom stereocenters. The molecule has 23 heavy (non-hydrogen) atoms. The molecule has 2 fully saturated rings. The number of carbonyl (C=O) groups is 3. The minimum absolute atomic E-state index is 0.0613. The Balaban J connectivity index is 1.83. The molecule has 0 aliphatic heterocycles. The second kappa shape index (κ2) is 5.96. The van der Waals surface area contributed by atoms with E-state index >= 15 is 0 Å². The summed E-state index contributed by atoms with van der Waals surface area (Å²) in [4.78, 5) is 35.2. The molecule has 3 rings (SSSR count). The van der Waals surface area contributed by atoms with Gasteiger partial charge < -0.3 is 15.5 Å². The Bertz CT molecular complexity index is 689. The number of halogens is 1. The highest BCUT2D eigenvalue weighted by Crippen LogP contribution is 2.52. The standard InChI is InChI=1S/C16H16BrNO5/c17-10-4-3-9(15(20)21)6-11(10)18-14(19)12-7-1-2-8(5-7)13(12)16(22)23/h3-4,6-8,12-13H,1-2,5H2,(H,18,19)(H,20,21)(H,22,23). The van der Waals surface area contributed by atoms with Gasteiger partial charge in [0.25, 0.3) is 0 Å². The first kappa shape index (κ1) is 16.0. The van der Waals surface area contributed by atoms with Gasteiger partial charge in [-0.25, -0.2) is 4.79 Å². The van der Waals surface area contributed by atoms with Crippen LogP contribution in [0.4, 0.5) is 5.69 Å². The molecule has 3 N–H and O–H groups in total. The van der Waals surface area contributed by atoms with Crippen LogP contribution in [-0.4, -0.2) is 28.1 Å². The zero-order valence-corrected chi connectivity index (χ0v) is 13.7. The molecule has 6 nitrogen and oxygen atoms in total. The lowest BCUT2D eigenvalue weighted by molar-refractivity contribution is -0.148. The second-order valence-electron chi connectivity index (χ2n) is 6.21. The van der Waals surface area contributed by atoms with E-state index in [0.717, 1.165) is 19.3 Å². The van der Waals surface area contributed by atoms with Gasteiger partial charge >= 0.3 is 11.9 Å². The van der Waals surface area contributed by atoms with Gasteiger partial charge in [-0.3, -0.25) is 9.59 Å². The summed E-state index contributed by atoms with van der Waals surface area (Å²) in [5.41, 5.74) is 0.410. The van der Waals surface area contributed by atoms with Gasteiger partial charge in [-0.05, 0) is 65.2 Å². The number of carboxylic acid groups (broad SMARTS) is 2. The van der Waals surface area contributed by atoms with E-state index in [0.29, 0.717) is 10.2 Å². The summed E-state index contributed by atoms with van der Waals surface area (Å²) in [6.07, 6.45) is 2.53. The first-order valence-electron chi connectivity index (χ1n) is 7.45. The van der Waals surface area contributed by atoms with E-state index < -0.39 is 23.8 Å². The molecule has 122 valence electrons. The minimum Gasteiger partial charge on any atom is -0.481 e. The van der Waals surface area contributed by atoms with E-state index in [1.165, 1.54) is 12.1 Å². The predicted octanol–water partition coefficient (Wildman–Crippen LogP) is 2.83. The maximum absolute atomic E-state index is 12.6. The number of carboxylic acids is 2. The van der Waals surface area contributed by atoms with Crippen molar-refractivity contribution in [1.29, 1.82) is 0 Å². The van der Waals surface area contributed by atoms with Gasteiger partial charge in [0.15, 0.2) is 0 Å². The first-order chi connectivity index (χ1) is 10.9. The fourth-order valence-corrected chi connectivity index (χ4v) is 4.34. The normalized spacial score (nSPS) is 28.6. The molecule has 1 aromatic carbocycles. The van der Waals surface area contributed by atoms with Gasteiger partial charge in [0.1, 0.15) is 0 Å². The molecular formula is C16H16BrNO5. The van der Waals surface area contributed by atoms with Gasteiger partial charge in [-0.2, -0.15) is 0 Å². The van der Waals surface area contributed by atoms with Crippen molar-refractivity contribution in [2.75, 3.05) is 5.32 Å². The van der Waals surface area contributed by atoms with Crippen molar-refractivity contribution in [3.05, 3.63) is 28.2 Å². The largest absolute Gasteiger partial charge is 0.481 e. The number of amides is 1. The summed E-state index contributed by atoms with van der Waals surface area (Å²) in [6.45, 7) is 0. The maximum atomic E-state index is 12.6. The summed E-state index contributed by atoms with van der Waals surface area (Å²) in [5, 5.41) is 21.2. The molecule has 2 aliphatic carbocycles. The third-order valence-electron chi connectivity index (χ3n) is 4.98. The molecule has 0 radical (unpaired) electrons. The van der Waals surface area contributed by atoms with Gasteiger partial charge in [0.2, 0.25) is 5.91 Å². The lowest BCUT2D eigenvalue weighted by Gasteiger charge is -2.27. The van der Waals surface area contributed by atoms with E-state index in [-0.39, 0.29) is 23.3 Å². The second-order valence-corrected chi connectivity index (χ2v) is 7.07. The van der Waals surface area contributed by atoms with Gasteiger partial charge in [-0.15, -0.1) is 0 Å². The minimum atomic E-state index is -1.09. The van der Waals surface area contributed by atoms with Crippen LogP contribution in [0.15, 0.2) is 22.7 Å². The van der Waals surface area contributed by atoms with Crippen molar-refractivity contribution in [2.24, 2.45) is 23.7 Å². The van der Waals surface area contributed by atoms with Crippen LogP contribution in [0.3, 0.4) is 0 Å². The lowest BCUT2D eigenvalue weighted by Crippen LogP contribution is -2.37. The molecular weight excluding hydrogens is 366 g/mol. The number of fused-ring (bicyclic) bond motifs is 2. The number of nitrogens with one attached hydrogen (secondary N) is 1. The number of aliphatic carboxylic acids is 1. The fourth-order valence-electron chi connectivity index (χ4n) is 3.99. The summed E-state index contributed by atoms with van der Waals surface area (Å²) < 4.78 is 0.561. The number of aromatic carboxylic acids is 1. The van der Waals surface area contributed by atoms with Crippen molar-refractivity contribution < 1.29 is 24.6 Å². The van der Waals surface area contributed by atoms with E-state index in [2.05, 4.69) is 21.2 Å². The highest BCUT2D eigenvalue weighted by molar-refractivity contribution is 9.10. The number of anilines is 1. The predicted molar refractivity (Wildman–Crippen MR) is 85.2 cm³/mol. The summed E-state index contributed by atoms with van der Waals surface area (Å²) >= 11 is 3.28. The molecule has 2 aliphatic rings. The van der Waals surface area contributed by atoms with Gasteiger partial charge in [0.05, 0.1) is 23.1 Å². The van der Waals surface area contributed by atoms with E-state index in [1.807, 2.05) is 0 Å². The fraction of sp³-hybridized carbons (Fsp3) is 0.438. The van der Waals surface area contributed by atoms with Crippen LogP contribution in [0.1, 0.15) is 29.6 Å². The third kappa shape index (κ3) is 2.85. The molecule has 0 spiro atoms. The number of rotatable bonds is 4. The Hall–Kier alpha value is -1.89. The Morgan fingerprint density at radius 2 is 1.74 bits per heavy atom. The molecule has 0 heterocycles. The Morgan fingerprint density at radius 3 is 2.35 bits per heavy atom. The van der Waals surface area contributed by atoms with E-state index in [9.17, 15) is 19.5 Å². The SMILES string of the molecule is O=C(O)c1ccc(Br)c(NC(=O)C2C3CCC(C3)C2C(=O)O)c1. The zero-order valence-electron chi connectivity index (χ0n) is 12.2. The molecule has 0 aromatic heterocycles. The van der Waals surface area contributed by atoms with Crippen LogP contribution < -0.4 is 5.32 Å². The number of carbonyl (C=O) groups excluding carboxylic acids is 1. The van der Waals surface area contributed by atoms with Crippen LogP contribution >= 0.6 is 15.9 Å². The van der Waals surface area contributed by atoms with Gasteiger partial charge in [-0.1, -0.05) is 0 Å². The maximum Gasteiger partial charge on any atom is 0.335 e. The molecule has 0 saturated heterocycles. The molecule has 1 aromatic rings. The summed E-state index contributed by atoms with van der Waals surface area (Å²) in [5.74, 6) is -3.37. The Morgan fingerprint density at radius 1 is 1.09 bits per heavy atom. The first-order valence-corrected chi connectivity index (χ1v) is 8.24. The van der Waals surface area contributed by atoms with Crippen LogP contribution in [0.25, 0.3) is 0 Å². The van der Waals surface area contributed by atoms with Crippen LogP contribution in [0.2, 0.25) is 0 Å². The highest BCUT2D eigenvalue weighted by atomic mass is 79.9. The zero-order chi connectivity index (χ0) is 16.7. The third-order valence-corrected chi connectivity index (χ3v) is 5.67. The van der Waals surface area contributed by atoms with Gasteiger partial charge in [0, 0.05) is 4.47 Å². The van der Waals surface area contributed by atoms with Crippen molar-refractivity contribution in [2.45, 2.75) is 19.3 Å². The Kier molecular flexibility index (Phi) is 4.14. The lowest BCUT2D eigenvalue weighted by atomic mass is 9.78. The van der Waals surface area contributed by atoms with Crippen LogP contribution in [0, 0.1) is 23.7 Å². The smallest absolute Gasteiger partial charge is 0.335 e. The highest BCUT2D eigenvalue weighted by Gasteiger charge is 2.54. The van der Waals surface area contributed by atoms with Crippen molar-refractivity contribution in [3.63, 3.8) is 0 Å². The molecule has 7 heteroatoms. The average molecular weight is 382 g/mol. The summed E-state index contributed by atoms with van der Waals surface area (Å²) in [7, 11) is 0. The average Bonchev–Trinajstić information content (AvgIpc) is 3.09. The topological polar surface area (TPSA) is 104 Å². The van der Waals surface area contributed by atoms with Crippen molar-refractivity contribution in [3.8, 4) is 0 Å². The molecule has 2 bridgehead atoms. The molecule has 4 unspecified atom stereocenters. The summed E-state index contributed by atoms with van der Waals surface area (Å²) in [6, 6.07) is 4.35. The van der Waals surface area contributed by atoms with Crippen molar-refractivity contribution >= 4 is 39.5 Å². The van der Waals surface area contributed by atoms with E-state index in [4.69, 9.17) is 5.11 Å². The van der Waals surface area contributed by atoms with Crippen molar-refractivity contribution in [1.82, 2.24) is 0 Å². The number of hydrogen-bond acceptors (Lipinski definition) is 3.